The third-order valence-corrected chi connectivity index (χ3v) is 7.94. The maximum Gasteiger partial charge on any atom is 0.227 e. The predicted octanol–water partition coefficient (Wildman–Crippen LogP) is 2.33. The third-order valence-electron chi connectivity index (χ3n) is 6.48. The SMILES string of the molecule is N#Cc1cccc(C2CCN(c3nc4c(c(NC5(CO)CC5)n3)[S+]([O-])CC4)CC2)c1. The summed E-state index contributed by atoms with van der Waals surface area (Å²) >= 11 is -1.08. The Hall–Kier alpha value is -2.34. The number of nitrogens with zero attached hydrogens (tertiary/aromatic N) is 4. The molecule has 0 bridgehead atoms. The molecule has 3 heterocycles. The van der Waals surface area contributed by atoms with Gasteiger partial charge in [0.15, 0.2) is 5.82 Å². The van der Waals surface area contributed by atoms with Crippen molar-refractivity contribution >= 4 is 22.9 Å². The number of nitrogens with one attached hydrogen (secondary N) is 1. The number of rotatable bonds is 5. The molecule has 8 heteroatoms. The Morgan fingerprint density at radius 3 is 2.80 bits per heavy atom. The van der Waals surface area contributed by atoms with Crippen molar-refractivity contribution in [2.45, 2.75) is 48.5 Å². The lowest BCUT2D eigenvalue weighted by molar-refractivity contribution is 0.265. The molecule has 156 valence electrons. The lowest BCUT2D eigenvalue weighted by Crippen LogP contribution is -2.35. The number of anilines is 2. The van der Waals surface area contributed by atoms with E-state index in [2.05, 4.69) is 22.4 Å². The van der Waals surface area contributed by atoms with Gasteiger partial charge in [0, 0.05) is 19.5 Å². The first-order chi connectivity index (χ1) is 14.6. The van der Waals surface area contributed by atoms with Gasteiger partial charge in [-0.25, -0.2) is 4.98 Å². The molecule has 2 N–H and O–H groups in total. The highest BCUT2D eigenvalue weighted by molar-refractivity contribution is 7.91. The van der Waals surface area contributed by atoms with Crippen molar-refractivity contribution in [2.24, 2.45) is 0 Å². The van der Waals surface area contributed by atoms with Crippen LogP contribution < -0.4 is 10.2 Å². The molecule has 2 fully saturated rings. The van der Waals surface area contributed by atoms with Crippen LogP contribution in [0.3, 0.4) is 0 Å². The molecule has 5 rings (SSSR count). The van der Waals surface area contributed by atoms with Gasteiger partial charge < -0.3 is 19.9 Å². The van der Waals surface area contributed by atoms with Crippen LogP contribution >= 0.6 is 0 Å². The van der Waals surface area contributed by atoms with E-state index in [-0.39, 0.29) is 12.1 Å². The van der Waals surface area contributed by atoms with E-state index in [4.69, 9.17) is 15.2 Å². The third kappa shape index (κ3) is 3.62. The van der Waals surface area contributed by atoms with Gasteiger partial charge in [-0.3, -0.25) is 0 Å². The van der Waals surface area contributed by atoms with Crippen molar-refractivity contribution in [3.8, 4) is 6.07 Å². The van der Waals surface area contributed by atoms with Gasteiger partial charge in [-0.1, -0.05) is 12.1 Å². The lowest BCUT2D eigenvalue weighted by atomic mass is 9.89. The highest BCUT2D eigenvalue weighted by atomic mass is 32.2. The van der Waals surface area contributed by atoms with Gasteiger partial charge in [-0.15, -0.1) is 0 Å². The van der Waals surface area contributed by atoms with Crippen molar-refractivity contribution in [3.63, 3.8) is 0 Å². The molecule has 1 unspecified atom stereocenters. The number of nitriles is 1. The Labute approximate surface area is 179 Å². The Morgan fingerprint density at radius 2 is 2.10 bits per heavy atom. The number of aromatic nitrogens is 2. The summed E-state index contributed by atoms with van der Waals surface area (Å²) < 4.78 is 12.5. The normalized spacial score (nSPS) is 22.4. The fourth-order valence-electron chi connectivity index (χ4n) is 4.41. The molecule has 0 spiro atoms. The topological polar surface area (TPSA) is 108 Å². The molecule has 1 saturated heterocycles. The highest BCUT2D eigenvalue weighted by Crippen LogP contribution is 2.42. The number of benzene rings is 1. The minimum absolute atomic E-state index is 0.0564. The summed E-state index contributed by atoms with van der Waals surface area (Å²) in [4.78, 5) is 12.5. The van der Waals surface area contributed by atoms with E-state index >= 15 is 0 Å². The number of hydrogen-bond acceptors (Lipinski definition) is 7. The average Bonchev–Trinajstić information content (AvgIpc) is 3.47. The number of aliphatic hydroxyl groups excluding tert-OH is 1. The van der Waals surface area contributed by atoms with E-state index in [1.165, 1.54) is 5.56 Å². The van der Waals surface area contributed by atoms with Crippen LogP contribution in [0.1, 0.15) is 48.4 Å². The molecular weight excluding hydrogens is 398 g/mol. The van der Waals surface area contributed by atoms with E-state index in [0.717, 1.165) is 49.4 Å². The zero-order chi connectivity index (χ0) is 20.7. The van der Waals surface area contributed by atoms with Crippen LogP contribution in [0.15, 0.2) is 29.2 Å². The first kappa shape index (κ1) is 19.6. The molecule has 7 nitrogen and oxygen atoms in total. The molecule has 3 aliphatic rings. The maximum absolute atomic E-state index is 12.5. The van der Waals surface area contributed by atoms with Crippen molar-refractivity contribution in [1.82, 2.24) is 9.97 Å². The monoisotopic (exact) mass is 423 g/mol. The molecule has 1 aliphatic carbocycles. The quantitative estimate of drug-likeness (QED) is 0.711. The van der Waals surface area contributed by atoms with Gasteiger partial charge in [0.1, 0.15) is 11.4 Å². The van der Waals surface area contributed by atoms with E-state index in [1.54, 1.807) is 0 Å². The summed E-state index contributed by atoms with van der Waals surface area (Å²) in [6, 6.07) is 10.1. The maximum atomic E-state index is 12.5. The molecule has 30 heavy (non-hydrogen) atoms. The van der Waals surface area contributed by atoms with Crippen molar-refractivity contribution < 1.29 is 9.66 Å². The van der Waals surface area contributed by atoms with Crippen molar-refractivity contribution in [3.05, 3.63) is 41.1 Å². The van der Waals surface area contributed by atoms with Crippen molar-refractivity contribution in [2.75, 3.05) is 35.7 Å². The van der Waals surface area contributed by atoms with Gasteiger partial charge in [0.25, 0.3) is 0 Å². The zero-order valence-corrected chi connectivity index (χ0v) is 17.6. The van der Waals surface area contributed by atoms with Gasteiger partial charge in [-0.05, 0) is 60.5 Å². The van der Waals surface area contributed by atoms with Gasteiger partial charge in [0.2, 0.25) is 10.8 Å². The number of piperidine rings is 1. The minimum atomic E-state index is -1.08. The fourth-order valence-corrected chi connectivity index (χ4v) is 5.72. The molecular formula is C22H25N5O2S. The van der Waals surface area contributed by atoms with Crippen LogP contribution in [-0.2, 0) is 17.6 Å². The van der Waals surface area contributed by atoms with E-state index in [0.29, 0.717) is 35.4 Å². The van der Waals surface area contributed by atoms with Crippen LogP contribution in [0.4, 0.5) is 11.8 Å². The van der Waals surface area contributed by atoms with E-state index < -0.39 is 11.2 Å². The number of hydrogen-bond donors (Lipinski definition) is 2. The number of fused-ring (bicyclic) bond motifs is 1. The molecule has 2 aliphatic heterocycles. The fraction of sp³-hybridized carbons (Fsp3) is 0.500. The molecule has 1 aromatic heterocycles. The van der Waals surface area contributed by atoms with Crippen LogP contribution in [0.25, 0.3) is 0 Å². The smallest absolute Gasteiger partial charge is 0.227 e. The van der Waals surface area contributed by atoms with Crippen LogP contribution in [0, 0.1) is 11.3 Å². The van der Waals surface area contributed by atoms with Crippen LogP contribution in [0.2, 0.25) is 0 Å². The summed E-state index contributed by atoms with van der Waals surface area (Å²) in [5, 5.41) is 22.3. The summed E-state index contributed by atoms with van der Waals surface area (Å²) in [6.45, 7) is 1.74. The van der Waals surface area contributed by atoms with Crippen LogP contribution in [0.5, 0.6) is 0 Å². The lowest BCUT2D eigenvalue weighted by Gasteiger charge is -2.32. The van der Waals surface area contributed by atoms with Gasteiger partial charge in [-0.2, -0.15) is 10.2 Å². The standard InChI is InChI=1S/C22H25N5O2S/c23-13-15-2-1-3-17(12-15)16-4-9-27(10-5-16)21-24-18-6-11-30(29)19(18)20(25-21)26-22(14-28)7-8-22/h1-3,12,16,28H,4-11,14H2,(H,24,25,26). The molecule has 1 saturated carbocycles. The second-order valence-electron chi connectivity index (χ2n) is 8.51. The first-order valence-corrected chi connectivity index (χ1v) is 11.9. The van der Waals surface area contributed by atoms with E-state index in [1.807, 2.05) is 18.2 Å². The second-order valence-corrected chi connectivity index (χ2v) is 10.0. The highest BCUT2D eigenvalue weighted by Gasteiger charge is 2.45. The van der Waals surface area contributed by atoms with Gasteiger partial charge >= 0.3 is 0 Å². The van der Waals surface area contributed by atoms with Crippen LogP contribution in [-0.4, -0.2) is 50.6 Å². The Balaban J connectivity index is 1.36. The van der Waals surface area contributed by atoms with Crippen molar-refractivity contribution in [1.29, 1.82) is 5.26 Å². The summed E-state index contributed by atoms with van der Waals surface area (Å²) in [6.07, 6.45) is 4.46. The number of aliphatic hydroxyl groups is 1. The molecule has 2 aromatic rings. The zero-order valence-electron chi connectivity index (χ0n) is 16.8. The summed E-state index contributed by atoms with van der Waals surface area (Å²) in [5.41, 5.74) is 2.49. The summed E-state index contributed by atoms with van der Waals surface area (Å²) in [7, 11) is 0. The molecule has 1 atom stereocenters. The largest absolute Gasteiger partial charge is 0.611 e. The average molecular weight is 424 g/mol. The molecule has 0 amide bonds. The molecule has 0 radical (unpaired) electrons. The molecule has 1 aromatic carbocycles. The van der Waals surface area contributed by atoms with E-state index in [9.17, 15) is 9.66 Å². The second kappa shape index (κ2) is 7.73. The number of aryl methyl sites for hydroxylation is 1. The predicted molar refractivity (Wildman–Crippen MR) is 115 cm³/mol. The summed E-state index contributed by atoms with van der Waals surface area (Å²) in [5.74, 6) is 2.35. The first-order valence-electron chi connectivity index (χ1n) is 10.5. The van der Waals surface area contributed by atoms with Gasteiger partial charge in [0.05, 0.1) is 23.8 Å². The Bertz CT molecular complexity index is 996. The Morgan fingerprint density at radius 1 is 1.30 bits per heavy atom. The minimum Gasteiger partial charge on any atom is -0.611 e. The Kier molecular flexibility index (Phi) is 5.05.